The number of hydrogen-bond donors (Lipinski definition) is 1. The van der Waals surface area contributed by atoms with Crippen molar-refractivity contribution < 1.29 is 9.32 Å². The first-order valence-corrected chi connectivity index (χ1v) is 7.29. The minimum Gasteiger partial charge on any atom is -0.336 e. The van der Waals surface area contributed by atoms with E-state index in [1.807, 2.05) is 13.8 Å². The second-order valence-electron chi connectivity index (χ2n) is 5.58. The molecule has 22 heavy (non-hydrogen) atoms. The van der Waals surface area contributed by atoms with Crippen LogP contribution in [0, 0.1) is 0 Å². The summed E-state index contributed by atoms with van der Waals surface area (Å²) in [6, 6.07) is 0.0788. The Kier molecular flexibility index (Phi) is 3.99. The van der Waals surface area contributed by atoms with Gasteiger partial charge in [-0.25, -0.2) is 9.78 Å². The van der Waals surface area contributed by atoms with Crippen molar-refractivity contribution in [1.82, 2.24) is 30.3 Å². The summed E-state index contributed by atoms with van der Waals surface area (Å²) in [5.74, 6) is 1.06. The van der Waals surface area contributed by atoms with Crippen molar-refractivity contribution >= 4 is 6.03 Å². The van der Waals surface area contributed by atoms with Gasteiger partial charge in [-0.2, -0.15) is 4.98 Å². The number of carbonyl (C=O) groups is 1. The predicted molar refractivity (Wildman–Crippen MR) is 77.9 cm³/mol. The van der Waals surface area contributed by atoms with Gasteiger partial charge < -0.3 is 14.7 Å². The molecule has 3 heterocycles. The number of nitrogens with one attached hydrogen (secondary N) is 1. The van der Waals surface area contributed by atoms with Crippen LogP contribution >= 0.6 is 0 Å². The van der Waals surface area contributed by atoms with Gasteiger partial charge in [-0.1, -0.05) is 5.16 Å². The monoisotopic (exact) mass is 302 g/mol. The largest absolute Gasteiger partial charge is 0.336 e. The fraction of sp³-hybridized carbons (Fsp3) is 0.500. The van der Waals surface area contributed by atoms with Crippen molar-refractivity contribution in [3.63, 3.8) is 0 Å². The van der Waals surface area contributed by atoms with Crippen molar-refractivity contribution in [3.8, 4) is 11.6 Å². The fourth-order valence-electron chi connectivity index (χ4n) is 2.41. The Bertz CT molecular complexity index is 642. The Hall–Kier alpha value is -2.51. The fourth-order valence-corrected chi connectivity index (χ4v) is 2.41. The lowest BCUT2D eigenvalue weighted by atomic mass is 10.1. The van der Waals surface area contributed by atoms with Gasteiger partial charge in [0.25, 0.3) is 5.89 Å². The van der Waals surface area contributed by atoms with Crippen LogP contribution in [0.15, 0.2) is 23.1 Å². The van der Waals surface area contributed by atoms with Crippen LogP contribution in [0.5, 0.6) is 0 Å². The molecule has 2 aromatic heterocycles. The summed E-state index contributed by atoms with van der Waals surface area (Å²) in [4.78, 5) is 26.3. The van der Waals surface area contributed by atoms with Gasteiger partial charge in [0.2, 0.25) is 0 Å². The molecular weight excluding hydrogens is 284 g/mol. The lowest BCUT2D eigenvalue weighted by Gasteiger charge is -2.18. The quantitative estimate of drug-likeness (QED) is 0.921. The molecule has 1 N–H and O–H groups in total. The molecule has 0 radical (unpaired) electrons. The number of aromatic nitrogens is 4. The molecule has 8 nitrogen and oxygen atoms in total. The van der Waals surface area contributed by atoms with Crippen LogP contribution in [-0.2, 0) is 0 Å². The standard InChI is InChI=1S/C14H18N6O2/c1-9(2)17-14(21)20-6-3-10(8-20)12-18-13(22-19-12)11-7-15-4-5-16-11/h4-5,7,9-10H,3,6,8H2,1-2H3,(H,17,21). The van der Waals surface area contributed by atoms with Gasteiger partial charge in [0.1, 0.15) is 5.69 Å². The lowest BCUT2D eigenvalue weighted by Crippen LogP contribution is -2.41. The highest BCUT2D eigenvalue weighted by Crippen LogP contribution is 2.26. The van der Waals surface area contributed by atoms with E-state index in [0.29, 0.717) is 30.5 Å². The average Bonchev–Trinajstić information content (AvgIpc) is 3.17. The molecule has 0 aliphatic carbocycles. The van der Waals surface area contributed by atoms with E-state index in [1.165, 1.54) is 0 Å². The number of amides is 2. The Morgan fingerprint density at radius 2 is 2.32 bits per heavy atom. The summed E-state index contributed by atoms with van der Waals surface area (Å²) in [5, 5.41) is 6.91. The zero-order valence-corrected chi connectivity index (χ0v) is 12.6. The maximum absolute atomic E-state index is 12.0. The third kappa shape index (κ3) is 3.05. The second-order valence-corrected chi connectivity index (χ2v) is 5.58. The maximum atomic E-state index is 12.0. The number of likely N-dealkylation sites (tertiary alicyclic amines) is 1. The highest BCUT2D eigenvalue weighted by molar-refractivity contribution is 5.74. The van der Waals surface area contributed by atoms with Crippen LogP contribution in [0.1, 0.15) is 32.0 Å². The molecule has 0 bridgehead atoms. The molecule has 1 aliphatic rings. The molecule has 2 aromatic rings. The van der Waals surface area contributed by atoms with Gasteiger partial charge >= 0.3 is 6.03 Å². The Balaban J connectivity index is 1.67. The molecule has 8 heteroatoms. The number of carbonyl (C=O) groups excluding carboxylic acids is 1. The summed E-state index contributed by atoms with van der Waals surface area (Å²) in [6.45, 7) is 5.17. The molecule has 3 rings (SSSR count). The van der Waals surface area contributed by atoms with Crippen molar-refractivity contribution in [2.45, 2.75) is 32.2 Å². The van der Waals surface area contributed by atoms with E-state index in [0.717, 1.165) is 6.42 Å². The normalized spacial score (nSPS) is 18.0. The van der Waals surface area contributed by atoms with E-state index in [4.69, 9.17) is 4.52 Å². The van der Waals surface area contributed by atoms with Crippen molar-refractivity contribution in [1.29, 1.82) is 0 Å². The molecule has 1 atom stereocenters. The van der Waals surface area contributed by atoms with Crippen molar-refractivity contribution in [2.24, 2.45) is 0 Å². The van der Waals surface area contributed by atoms with Crippen LogP contribution in [0.3, 0.4) is 0 Å². The van der Waals surface area contributed by atoms with Gasteiger partial charge in [-0.3, -0.25) is 4.98 Å². The third-order valence-electron chi connectivity index (χ3n) is 3.48. The molecule has 1 aliphatic heterocycles. The van der Waals surface area contributed by atoms with Crippen LogP contribution in [0.2, 0.25) is 0 Å². The van der Waals surface area contributed by atoms with E-state index < -0.39 is 0 Å². The highest BCUT2D eigenvalue weighted by Gasteiger charge is 2.30. The number of rotatable bonds is 3. The van der Waals surface area contributed by atoms with Gasteiger partial charge in [-0.15, -0.1) is 0 Å². The van der Waals surface area contributed by atoms with Crippen LogP contribution in [-0.4, -0.2) is 50.2 Å². The average molecular weight is 302 g/mol. The van der Waals surface area contributed by atoms with E-state index >= 15 is 0 Å². The second kappa shape index (κ2) is 6.08. The molecular formula is C14H18N6O2. The zero-order chi connectivity index (χ0) is 15.5. The number of hydrogen-bond acceptors (Lipinski definition) is 6. The minimum absolute atomic E-state index is 0.0462. The SMILES string of the molecule is CC(C)NC(=O)N1CCC(c2noc(-c3cnccn3)n2)C1. The van der Waals surface area contributed by atoms with Gasteiger partial charge in [0.15, 0.2) is 5.82 Å². The first-order valence-electron chi connectivity index (χ1n) is 7.29. The van der Waals surface area contributed by atoms with Crippen LogP contribution in [0.4, 0.5) is 4.79 Å². The predicted octanol–water partition coefficient (Wildman–Crippen LogP) is 1.43. The highest BCUT2D eigenvalue weighted by atomic mass is 16.5. The van der Waals surface area contributed by atoms with Crippen molar-refractivity contribution in [2.75, 3.05) is 13.1 Å². The van der Waals surface area contributed by atoms with Gasteiger partial charge in [0.05, 0.1) is 6.20 Å². The summed E-state index contributed by atoms with van der Waals surface area (Å²) in [6.07, 6.45) is 5.56. The van der Waals surface area contributed by atoms with Crippen LogP contribution in [0.25, 0.3) is 11.6 Å². The molecule has 116 valence electrons. The summed E-state index contributed by atoms with van der Waals surface area (Å²) < 4.78 is 5.24. The molecule has 1 saturated heterocycles. The smallest absolute Gasteiger partial charge is 0.317 e. The van der Waals surface area contributed by atoms with E-state index in [1.54, 1.807) is 23.5 Å². The molecule has 1 fully saturated rings. The Morgan fingerprint density at radius 3 is 3.05 bits per heavy atom. The molecule has 0 saturated carbocycles. The first-order chi connectivity index (χ1) is 10.6. The maximum Gasteiger partial charge on any atom is 0.317 e. The molecule has 0 aromatic carbocycles. The Labute approximate surface area is 127 Å². The first kappa shape index (κ1) is 14.4. The van der Waals surface area contributed by atoms with Crippen molar-refractivity contribution in [3.05, 3.63) is 24.4 Å². The molecule has 2 amide bonds. The van der Waals surface area contributed by atoms with Gasteiger partial charge in [-0.05, 0) is 20.3 Å². The minimum atomic E-state index is -0.0462. The lowest BCUT2D eigenvalue weighted by molar-refractivity contribution is 0.205. The summed E-state index contributed by atoms with van der Waals surface area (Å²) in [5.41, 5.74) is 0.550. The van der Waals surface area contributed by atoms with Crippen LogP contribution < -0.4 is 5.32 Å². The van der Waals surface area contributed by atoms with Gasteiger partial charge in [0, 0.05) is 37.4 Å². The third-order valence-corrected chi connectivity index (χ3v) is 3.48. The van der Waals surface area contributed by atoms with E-state index in [-0.39, 0.29) is 18.0 Å². The Morgan fingerprint density at radius 1 is 1.45 bits per heavy atom. The topological polar surface area (TPSA) is 97.0 Å². The van der Waals surface area contributed by atoms with E-state index in [9.17, 15) is 4.79 Å². The van der Waals surface area contributed by atoms with E-state index in [2.05, 4.69) is 25.4 Å². The summed E-state index contributed by atoms with van der Waals surface area (Å²) in [7, 11) is 0. The molecule has 0 spiro atoms. The molecule has 1 unspecified atom stereocenters. The number of nitrogens with zero attached hydrogens (tertiary/aromatic N) is 5. The number of urea groups is 1. The zero-order valence-electron chi connectivity index (χ0n) is 12.6. The summed E-state index contributed by atoms with van der Waals surface area (Å²) >= 11 is 0.